The van der Waals surface area contributed by atoms with Crippen LogP contribution in [0.5, 0.6) is 0 Å². The molecule has 2 aromatic heterocycles. The number of aryl methyl sites for hydroxylation is 1. The highest BCUT2D eigenvalue weighted by molar-refractivity contribution is 6.03. The van der Waals surface area contributed by atoms with Crippen LogP contribution in [0.25, 0.3) is 10.9 Å². The molecule has 1 amide bonds. The minimum Gasteiger partial charge on any atom is -0.350 e. The number of nitrogens with one attached hydrogen (secondary N) is 2. The summed E-state index contributed by atoms with van der Waals surface area (Å²) in [5.41, 5.74) is 1.57. The molecule has 2 N–H and O–H groups in total. The molecule has 3 rings (SSSR count). The topological polar surface area (TPSA) is 74.8 Å². The first-order chi connectivity index (χ1) is 10.1. The highest BCUT2D eigenvalue weighted by Crippen LogP contribution is 2.13. The van der Waals surface area contributed by atoms with Crippen LogP contribution in [-0.2, 0) is 0 Å². The average Bonchev–Trinajstić information content (AvgIpc) is 2.48. The smallest absolute Gasteiger partial charge is 0.273 e. The number of amides is 1. The summed E-state index contributed by atoms with van der Waals surface area (Å²) < 4.78 is 0. The lowest BCUT2D eigenvalue weighted by Gasteiger charge is -2.06. The second-order valence-electron chi connectivity index (χ2n) is 4.71. The van der Waals surface area contributed by atoms with Crippen LogP contribution in [0, 0.1) is 6.92 Å². The number of anilines is 1. The number of pyridine rings is 2. The molecule has 5 heteroatoms. The molecule has 0 aliphatic heterocycles. The maximum Gasteiger partial charge on any atom is 0.273 e. The van der Waals surface area contributed by atoms with Crippen molar-refractivity contribution in [3.63, 3.8) is 0 Å². The van der Waals surface area contributed by atoms with Gasteiger partial charge in [0.05, 0.1) is 5.52 Å². The summed E-state index contributed by atoms with van der Waals surface area (Å²) >= 11 is 0. The predicted molar refractivity (Wildman–Crippen MR) is 81.5 cm³/mol. The molecule has 0 unspecified atom stereocenters. The number of rotatable bonds is 2. The van der Waals surface area contributed by atoms with Gasteiger partial charge in [-0.1, -0.05) is 18.2 Å². The number of aromatic nitrogens is 2. The van der Waals surface area contributed by atoms with Gasteiger partial charge < -0.3 is 10.3 Å². The van der Waals surface area contributed by atoms with Gasteiger partial charge in [0.25, 0.3) is 5.91 Å². The Morgan fingerprint density at radius 1 is 1.19 bits per heavy atom. The van der Waals surface area contributed by atoms with Crippen molar-refractivity contribution in [3.05, 3.63) is 70.1 Å². The Labute approximate surface area is 120 Å². The largest absolute Gasteiger partial charge is 0.350 e. The minimum absolute atomic E-state index is 0.173. The van der Waals surface area contributed by atoms with Gasteiger partial charge >= 0.3 is 0 Å². The van der Waals surface area contributed by atoms with Gasteiger partial charge in [-0.2, -0.15) is 0 Å². The first-order valence-electron chi connectivity index (χ1n) is 6.50. The van der Waals surface area contributed by atoms with E-state index in [0.717, 1.165) is 5.56 Å². The lowest BCUT2D eigenvalue weighted by molar-refractivity contribution is 0.102. The molecule has 0 saturated carbocycles. The normalized spacial score (nSPS) is 10.5. The number of fused-ring (bicyclic) bond motifs is 1. The third-order valence-corrected chi connectivity index (χ3v) is 3.22. The Bertz CT molecular complexity index is 870. The molecule has 0 saturated heterocycles. The molecule has 5 nitrogen and oxygen atoms in total. The molecule has 3 aromatic rings. The molecule has 0 radical (unpaired) electrons. The van der Waals surface area contributed by atoms with Crippen LogP contribution < -0.4 is 10.7 Å². The summed E-state index contributed by atoms with van der Waals surface area (Å²) in [5.74, 6) is 0.0434. The van der Waals surface area contributed by atoms with E-state index in [9.17, 15) is 9.59 Å². The van der Waals surface area contributed by atoms with Gasteiger partial charge in [-0.3, -0.25) is 9.59 Å². The summed E-state index contributed by atoms with van der Waals surface area (Å²) in [6.45, 7) is 1.87. The summed E-state index contributed by atoms with van der Waals surface area (Å²) in [6, 6.07) is 12.0. The predicted octanol–water partition coefficient (Wildman–Crippen LogP) is 2.48. The van der Waals surface area contributed by atoms with Crippen LogP contribution >= 0.6 is 0 Å². The van der Waals surface area contributed by atoms with Crippen molar-refractivity contribution in [2.24, 2.45) is 0 Å². The van der Waals surface area contributed by atoms with Crippen molar-refractivity contribution in [1.29, 1.82) is 0 Å². The molecule has 0 fully saturated rings. The molecule has 21 heavy (non-hydrogen) atoms. The number of H-pyrrole nitrogens is 1. The summed E-state index contributed by atoms with van der Waals surface area (Å²) in [7, 11) is 0. The first-order valence-corrected chi connectivity index (χ1v) is 6.50. The number of carbonyl (C=O) groups is 1. The molecule has 1 aromatic carbocycles. The molecular weight excluding hydrogens is 266 g/mol. The Morgan fingerprint density at radius 2 is 2.05 bits per heavy atom. The SMILES string of the molecule is Cc1cccc2[nH]c(C(=O)Nc3ccccn3)cc(=O)c12. The lowest BCUT2D eigenvalue weighted by Crippen LogP contribution is -2.18. The van der Waals surface area contributed by atoms with Crippen LogP contribution in [0.3, 0.4) is 0 Å². The highest BCUT2D eigenvalue weighted by Gasteiger charge is 2.11. The molecule has 0 aliphatic carbocycles. The maximum absolute atomic E-state index is 12.2. The minimum atomic E-state index is -0.394. The van der Waals surface area contributed by atoms with Gasteiger partial charge in [0.1, 0.15) is 11.5 Å². The number of hydrogen-bond donors (Lipinski definition) is 2. The fourth-order valence-corrected chi connectivity index (χ4v) is 2.23. The second-order valence-corrected chi connectivity index (χ2v) is 4.71. The highest BCUT2D eigenvalue weighted by atomic mass is 16.2. The molecule has 0 spiro atoms. The third kappa shape index (κ3) is 2.53. The van der Waals surface area contributed by atoms with E-state index < -0.39 is 5.91 Å². The molecular formula is C16H13N3O2. The van der Waals surface area contributed by atoms with Crippen LogP contribution in [0.1, 0.15) is 16.1 Å². The number of aromatic amines is 1. The fraction of sp³-hybridized carbons (Fsp3) is 0.0625. The zero-order valence-corrected chi connectivity index (χ0v) is 11.4. The quantitative estimate of drug-likeness (QED) is 0.756. The second kappa shape index (κ2) is 5.20. The van der Waals surface area contributed by atoms with Gasteiger partial charge in [-0.05, 0) is 30.7 Å². The standard InChI is InChI=1S/C16H13N3O2/c1-10-5-4-6-11-15(10)13(20)9-12(18-11)16(21)19-14-7-2-3-8-17-14/h2-9H,1H3,(H,18,20)(H,17,19,21). The average molecular weight is 279 g/mol. The van der Waals surface area contributed by atoms with Crippen molar-refractivity contribution in [1.82, 2.24) is 9.97 Å². The van der Waals surface area contributed by atoms with E-state index in [1.807, 2.05) is 19.1 Å². The summed E-state index contributed by atoms with van der Waals surface area (Å²) in [5, 5.41) is 3.25. The zero-order chi connectivity index (χ0) is 14.8. The monoisotopic (exact) mass is 279 g/mol. The van der Waals surface area contributed by atoms with Crippen molar-refractivity contribution >= 4 is 22.6 Å². The number of carbonyl (C=O) groups excluding carboxylic acids is 1. The summed E-state index contributed by atoms with van der Waals surface area (Å²) in [6.07, 6.45) is 1.59. The first kappa shape index (κ1) is 13.1. The maximum atomic E-state index is 12.2. The van der Waals surface area contributed by atoms with Gasteiger partial charge in [0.2, 0.25) is 0 Å². The number of benzene rings is 1. The molecule has 104 valence electrons. The van der Waals surface area contributed by atoms with E-state index in [4.69, 9.17) is 0 Å². The van der Waals surface area contributed by atoms with Gasteiger partial charge in [0, 0.05) is 17.6 Å². The number of nitrogens with zero attached hydrogens (tertiary/aromatic N) is 1. The van der Waals surface area contributed by atoms with E-state index >= 15 is 0 Å². The van der Waals surface area contributed by atoms with Gasteiger partial charge in [-0.25, -0.2) is 4.98 Å². The third-order valence-electron chi connectivity index (χ3n) is 3.22. The molecule has 0 aliphatic rings. The number of hydrogen-bond acceptors (Lipinski definition) is 3. The van der Waals surface area contributed by atoms with E-state index in [1.165, 1.54) is 6.07 Å². The van der Waals surface area contributed by atoms with Crippen molar-refractivity contribution < 1.29 is 4.79 Å². The van der Waals surface area contributed by atoms with Crippen LogP contribution in [0.15, 0.2) is 53.5 Å². The Hall–Kier alpha value is -2.95. The van der Waals surface area contributed by atoms with Crippen LogP contribution in [0.2, 0.25) is 0 Å². The van der Waals surface area contributed by atoms with E-state index in [0.29, 0.717) is 16.7 Å². The summed E-state index contributed by atoms with van der Waals surface area (Å²) in [4.78, 5) is 31.3. The molecule has 0 bridgehead atoms. The fourth-order valence-electron chi connectivity index (χ4n) is 2.23. The zero-order valence-electron chi connectivity index (χ0n) is 11.4. The Balaban J connectivity index is 2.02. The van der Waals surface area contributed by atoms with Crippen molar-refractivity contribution in [3.8, 4) is 0 Å². The van der Waals surface area contributed by atoms with Gasteiger partial charge in [-0.15, -0.1) is 0 Å². The van der Waals surface area contributed by atoms with E-state index in [1.54, 1.807) is 30.5 Å². The molecule has 2 heterocycles. The van der Waals surface area contributed by atoms with Crippen molar-refractivity contribution in [2.75, 3.05) is 5.32 Å². The lowest BCUT2D eigenvalue weighted by atomic mass is 10.1. The van der Waals surface area contributed by atoms with Gasteiger partial charge in [0.15, 0.2) is 5.43 Å². The Morgan fingerprint density at radius 3 is 2.81 bits per heavy atom. The van der Waals surface area contributed by atoms with Crippen LogP contribution in [-0.4, -0.2) is 15.9 Å². The van der Waals surface area contributed by atoms with Crippen molar-refractivity contribution in [2.45, 2.75) is 6.92 Å². The van der Waals surface area contributed by atoms with E-state index in [2.05, 4.69) is 15.3 Å². The Kier molecular flexibility index (Phi) is 3.23. The van der Waals surface area contributed by atoms with E-state index in [-0.39, 0.29) is 11.1 Å². The molecule has 0 atom stereocenters. The van der Waals surface area contributed by atoms with Crippen LogP contribution in [0.4, 0.5) is 5.82 Å².